The molecule has 0 amide bonds. The molecule has 0 spiro atoms. The molecule has 0 saturated heterocycles. The van der Waals surface area contributed by atoms with E-state index in [1.54, 1.807) is 7.11 Å². The normalized spacial score (nSPS) is 33.4. The first kappa shape index (κ1) is 32.2. The van der Waals surface area contributed by atoms with Crippen LogP contribution in [-0.4, -0.2) is 80.4 Å². The van der Waals surface area contributed by atoms with Crippen LogP contribution in [0.25, 0.3) is 0 Å². The third-order valence-corrected chi connectivity index (χ3v) is 8.67. The van der Waals surface area contributed by atoms with E-state index in [-0.39, 0.29) is 12.2 Å². The van der Waals surface area contributed by atoms with E-state index in [9.17, 15) is 19.2 Å². The molecule has 0 heterocycles. The fourth-order valence-electron chi connectivity index (χ4n) is 6.50. The fourth-order valence-corrected chi connectivity index (χ4v) is 6.50. The number of ether oxygens (including phenoxy) is 8. The molecule has 4 aliphatic carbocycles. The van der Waals surface area contributed by atoms with E-state index in [1.165, 1.54) is 6.92 Å². The van der Waals surface area contributed by atoms with Crippen molar-refractivity contribution in [2.45, 2.75) is 158 Å². The lowest BCUT2D eigenvalue weighted by molar-refractivity contribution is -0.157. The number of carbonyl (C=O) groups excluding carboxylic acids is 4. The van der Waals surface area contributed by atoms with Crippen molar-refractivity contribution >= 4 is 24.4 Å². The van der Waals surface area contributed by atoms with Gasteiger partial charge in [-0.2, -0.15) is 0 Å². The highest BCUT2D eigenvalue weighted by Crippen LogP contribution is 2.30. The van der Waals surface area contributed by atoms with Gasteiger partial charge in [-0.15, -0.1) is 0 Å². The Morgan fingerprint density at radius 2 is 0.595 bits per heavy atom. The summed E-state index contributed by atoms with van der Waals surface area (Å²) in [4.78, 5) is 49.5. The molecule has 0 bridgehead atoms. The van der Waals surface area contributed by atoms with Gasteiger partial charge in [0.2, 0.25) is 0 Å². The van der Waals surface area contributed by atoms with Gasteiger partial charge in [-0.25, -0.2) is 14.4 Å². The minimum Gasteiger partial charge on any atom is -0.459 e. The Labute approximate surface area is 247 Å². The van der Waals surface area contributed by atoms with Crippen molar-refractivity contribution < 1.29 is 57.1 Å². The van der Waals surface area contributed by atoms with Gasteiger partial charge >= 0.3 is 24.4 Å². The van der Waals surface area contributed by atoms with Crippen molar-refractivity contribution in [3.8, 4) is 0 Å². The summed E-state index contributed by atoms with van der Waals surface area (Å²) in [6.45, 7) is 1.33. The number of hydrogen-bond donors (Lipinski definition) is 0. The van der Waals surface area contributed by atoms with Crippen molar-refractivity contribution in [1.29, 1.82) is 0 Å². The van der Waals surface area contributed by atoms with Crippen LogP contribution in [-0.2, 0) is 42.7 Å². The molecule has 0 aromatic carbocycles. The van der Waals surface area contributed by atoms with Crippen LogP contribution in [0.1, 0.15) is 110 Å². The van der Waals surface area contributed by atoms with Gasteiger partial charge in [0.25, 0.3) is 0 Å². The molecule has 0 unspecified atom stereocenters. The van der Waals surface area contributed by atoms with E-state index < -0.39 is 61.1 Å². The summed E-state index contributed by atoms with van der Waals surface area (Å²) in [5.41, 5.74) is 0. The molecule has 0 aromatic rings. The highest BCUT2D eigenvalue weighted by atomic mass is 16.8. The Balaban J connectivity index is 1.26. The third kappa shape index (κ3) is 9.64. The van der Waals surface area contributed by atoms with Gasteiger partial charge in [-0.1, -0.05) is 6.42 Å². The van der Waals surface area contributed by atoms with Gasteiger partial charge in [0.15, 0.2) is 0 Å². The van der Waals surface area contributed by atoms with Crippen molar-refractivity contribution in [3.63, 3.8) is 0 Å². The van der Waals surface area contributed by atoms with E-state index in [2.05, 4.69) is 0 Å². The molecule has 12 nitrogen and oxygen atoms in total. The Morgan fingerprint density at radius 1 is 0.381 bits per heavy atom. The Bertz CT molecular complexity index is 909. The minimum atomic E-state index is -0.897. The molecule has 4 fully saturated rings. The lowest BCUT2D eigenvalue weighted by atomic mass is 9.94. The average molecular weight is 599 g/mol. The second-order valence-electron chi connectivity index (χ2n) is 11.7. The Kier molecular flexibility index (Phi) is 12.4. The zero-order valence-electron chi connectivity index (χ0n) is 24.8. The van der Waals surface area contributed by atoms with Crippen LogP contribution < -0.4 is 0 Å². The van der Waals surface area contributed by atoms with Crippen LogP contribution in [0.3, 0.4) is 0 Å². The first-order valence-electron chi connectivity index (χ1n) is 15.6. The highest BCUT2D eigenvalue weighted by molar-refractivity contribution is 5.66. The van der Waals surface area contributed by atoms with Gasteiger partial charge in [0.1, 0.15) is 42.7 Å². The van der Waals surface area contributed by atoms with Crippen LogP contribution in [0.2, 0.25) is 0 Å². The Morgan fingerprint density at radius 3 is 0.833 bits per heavy atom. The molecule has 238 valence electrons. The summed E-state index contributed by atoms with van der Waals surface area (Å²) in [6, 6.07) is 0. The number of carbonyl (C=O) groups is 4. The number of methoxy groups -OCH3 is 1. The maximum atomic E-state index is 12.9. The first-order chi connectivity index (χ1) is 20.3. The average Bonchev–Trinajstić information content (AvgIpc) is 2.96. The smallest absolute Gasteiger partial charge is 0.459 e. The maximum Gasteiger partial charge on any atom is 0.509 e. The van der Waals surface area contributed by atoms with E-state index in [0.29, 0.717) is 38.5 Å². The van der Waals surface area contributed by atoms with Crippen molar-refractivity contribution in [2.75, 3.05) is 7.11 Å². The van der Waals surface area contributed by atoms with Crippen molar-refractivity contribution in [1.82, 2.24) is 0 Å². The second kappa shape index (κ2) is 16.2. The predicted octanol–water partition coefficient (Wildman–Crippen LogP) is 5.90. The zero-order valence-corrected chi connectivity index (χ0v) is 24.8. The number of hydrogen-bond acceptors (Lipinski definition) is 12. The monoisotopic (exact) mass is 598 g/mol. The lowest BCUT2D eigenvalue weighted by Crippen LogP contribution is -2.43. The lowest BCUT2D eigenvalue weighted by Gasteiger charge is -2.34. The number of rotatable bonds is 8. The van der Waals surface area contributed by atoms with E-state index in [0.717, 1.165) is 64.2 Å². The molecule has 0 radical (unpaired) electrons. The molecule has 0 N–H and O–H groups in total. The fraction of sp³-hybridized carbons (Fsp3) is 0.867. The van der Waals surface area contributed by atoms with Crippen LogP contribution in [0, 0.1) is 0 Å². The summed E-state index contributed by atoms with van der Waals surface area (Å²) < 4.78 is 44.3. The van der Waals surface area contributed by atoms with Gasteiger partial charge in [-0.3, -0.25) is 4.79 Å². The molecule has 0 aromatic heterocycles. The predicted molar refractivity (Wildman–Crippen MR) is 146 cm³/mol. The largest absolute Gasteiger partial charge is 0.509 e. The van der Waals surface area contributed by atoms with Crippen LogP contribution in [0.4, 0.5) is 14.4 Å². The minimum absolute atomic E-state index is 0.152. The summed E-state index contributed by atoms with van der Waals surface area (Å²) in [5, 5.41) is 0. The topological polar surface area (TPSA) is 142 Å². The molecule has 4 saturated carbocycles. The second-order valence-corrected chi connectivity index (χ2v) is 11.7. The molecule has 8 atom stereocenters. The van der Waals surface area contributed by atoms with Crippen molar-refractivity contribution in [2.24, 2.45) is 0 Å². The van der Waals surface area contributed by atoms with Gasteiger partial charge in [0, 0.05) is 14.0 Å². The van der Waals surface area contributed by atoms with Crippen LogP contribution in [0.15, 0.2) is 0 Å². The van der Waals surface area contributed by atoms with Gasteiger partial charge in [0.05, 0.1) is 6.10 Å². The molecule has 42 heavy (non-hydrogen) atoms. The highest BCUT2D eigenvalue weighted by Gasteiger charge is 2.38. The van der Waals surface area contributed by atoms with Crippen LogP contribution >= 0.6 is 0 Å². The van der Waals surface area contributed by atoms with E-state index in [4.69, 9.17) is 37.9 Å². The molecule has 4 rings (SSSR count). The van der Waals surface area contributed by atoms with E-state index >= 15 is 0 Å². The quantitative estimate of drug-likeness (QED) is 0.242. The van der Waals surface area contributed by atoms with Crippen LogP contribution in [0.5, 0.6) is 0 Å². The standard InChI is InChI=1S/C30H46O12/c1-19(31)36-22-13-5-6-14-23(22)38-29(33)40-26-17-9-10-18-27(26)42-30(34)41-25-16-8-7-15-24(25)39-28(32)37-21-12-4-3-11-20(21)35-2/h20-27H,3-18H2,1-2H3/t20-,21-,22+,23+,24+,25+,26-,27-/m0/s1. The van der Waals surface area contributed by atoms with Crippen molar-refractivity contribution in [3.05, 3.63) is 0 Å². The van der Waals surface area contributed by atoms with Gasteiger partial charge < -0.3 is 37.9 Å². The number of esters is 1. The Hall–Kier alpha value is -2.76. The van der Waals surface area contributed by atoms with E-state index in [1.807, 2.05) is 0 Å². The maximum absolute atomic E-state index is 12.9. The zero-order chi connectivity index (χ0) is 29.9. The molecule has 12 heteroatoms. The molecular weight excluding hydrogens is 552 g/mol. The molecule has 4 aliphatic rings. The van der Waals surface area contributed by atoms with Gasteiger partial charge in [-0.05, 0) is 96.3 Å². The summed E-state index contributed by atoms with van der Waals surface area (Å²) in [7, 11) is 1.61. The summed E-state index contributed by atoms with van der Waals surface area (Å²) in [5.74, 6) is -0.422. The summed E-state index contributed by atoms with van der Waals surface area (Å²) in [6.07, 6.45) is 4.98. The first-order valence-corrected chi connectivity index (χ1v) is 15.6. The third-order valence-electron chi connectivity index (χ3n) is 8.67. The SMILES string of the molecule is CO[C@H]1CCCC[C@@H]1OC(=O)O[C@@H]1CCCC[C@H]1OC(=O)O[C@H]1CCCC[C@@H]1OC(=O)O[C@@H]1CCCC[C@H]1OC(C)=O. The molecule has 0 aliphatic heterocycles. The summed E-state index contributed by atoms with van der Waals surface area (Å²) >= 11 is 0. The molecular formula is C30H46O12.